The molecule has 2 N–H and O–H groups in total. The highest BCUT2D eigenvalue weighted by Crippen LogP contribution is 2.30. The predicted octanol–water partition coefficient (Wildman–Crippen LogP) is 2.45. The van der Waals surface area contributed by atoms with Crippen LogP contribution in [0.15, 0.2) is 60.8 Å². The van der Waals surface area contributed by atoms with Crippen LogP contribution in [0.2, 0.25) is 0 Å². The van der Waals surface area contributed by atoms with Gasteiger partial charge in [-0.3, -0.25) is 19.4 Å². The molecule has 3 aromatic rings. The Kier molecular flexibility index (Phi) is 5.77. The van der Waals surface area contributed by atoms with E-state index in [0.29, 0.717) is 35.0 Å². The summed E-state index contributed by atoms with van der Waals surface area (Å²) in [7, 11) is 1.68. The van der Waals surface area contributed by atoms with Crippen molar-refractivity contribution in [1.82, 2.24) is 15.6 Å². The second kappa shape index (κ2) is 8.65. The molecule has 2 aromatic carbocycles. The monoisotopic (exact) mass is 416 g/mol. The molecule has 1 aliphatic rings. The fourth-order valence-corrected chi connectivity index (χ4v) is 3.81. The number of nitrogens with zero attached hydrogens (tertiary/aromatic N) is 2. The summed E-state index contributed by atoms with van der Waals surface area (Å²) in [5.74, 6) is -1.15. The number of benzene rings is 2. The molecule has 0 unspecified atom stereocenters. The maximum absolute atomic E-state index is 13.7. The van der Waals surface area contributed by atoms with Crippen LogP contribution >= 0.6 is 0 Å². The lowest BCUT2D eigenvalue weighted by Gasteiger charge is -2.25. The topological polar surface area (TPSA) is 91.4 Å². The Hall–Kier alpha value is -3.58. The summed E-state index contributed by atoms with van der Waals surface area (Å²) in [4.78, 5) is 45.3. The number of carbonyl (C=O) groups is 3. The molecule has 2 heterocycles. The normalized spacial score (nSPS) is 17.0. The van der Waals surface area contributed by atoms with E-state index in [1.165, 1.54) is 4.90 Å². The summed E-state index contributed by atoms with van der Waals surface area (Å²) >= 11 is 0. The van der Waals surface area contributed by atoms with E-state index in [2.05, 4.69) is 15.6 Å². The molecular formula is C24H24N4O3. The smallest absolute Gasteiger partial charge is 0.265 e. The molecule has 1 aliphatic heterocycles. The Labute approximate surface area is 180 Å². The van der Waals surface area contributed by atoms with Crippen molar-refractivity contribution in [2.75, 3.05) is 11.9 Å². The van der Waals surface area contributed by atoms with Crippen molar-refractivity contribution in [3.05, 3.63) is 71.9 Å². The summed E-state index contributed by atoms with van der Waals surface area (Å²) < 4.78 is 0. The zero-order valence-electron chi connectivity index (χ0n) is 17.5. The van der Waals surface area contributed by atoms with E-state index in [1.54, 1.807) is 38.4 Å². The van der Waals surface area contributed by atoms with Crippen LogP contribution in [0.5, 0.6) is 0 Å². The number of amides is 3. The van der Waals surface area contributed by atoms with E-state index in [1.807, 2.05) is 36.4 Å². The van der Waals surface area contributed by atoms with E-state index in [4.69, 9.17) is 0 Å². The van der Waals surface area contributed by atoms with Gasteiger partial charge in [-0.2, -0.15) is 0 Å². The average Bonchev–Trinajstić information content (AvgIpc) is 2.94. The fraction of sp³-hybridized carbons (Fsp3) is 0.250. The van der Waals surface area contributed by atoms with Crippen LogP contribution in [0.3, 0.4) is 0 Å². The molecule has 3 amide bonds. The van der Waals surface area contributed by atoms with Gasteiger partial charge in [0.05, 0.1) is 22.8 Å². The fourth-order valence-electron chi connectivity index (χ4n) is 3.81. The number of imide groups is 1. The highest BCUT2D eigenvalue weighted by atomic mass is 16.2. The van der Waals surface area contributed by atoms with Gasteiger partial charge in [0, 0.05) is 11.6 Å². The Morgan fingerprint density at radius 1 is 1.10 bits per heavy atom. The molecule has 0 saturated heterocycles. The highest BCUT2D eigenvalue weighted by Gasteiger charge is 2.36. The number of para-hydroxylation sites is 2. The van der Waals surface area contributed by atoms with E-state index in [0.717, 1.165) is 5.56 Å². The van der Waals surface area contributed by atoms with Crippen molar-refractivity contribution in [1.29, 1.82) is 0 Å². The van der Waals surface area contributed by atoms with Crippen LogP contribution < -0.4 is 15.5 Å². The molecule has 4 rings (SSSR count). The number of likely N-dealkylation sites (N-methyl/N-ethyl adjacent to an activating group) is 1. The van der Waals surface area contributed by atoms with Gasteiger partial charge in [-0.15, -0.1) is 0 Å². The zero-order valence-corrected chi connectivity index (χ0v) is 17.5. The Morgan fingerprint density at radius 3 is 2.65 bits per heavy atom. The number of rotatable bonds is 4. The molecule has 31 heavy (non-hydrogen) atoms. The van der Waals surface area contributed by atoms with Gasteiger partial charge in [0.1, 0.15) is 6.04 Å². The van der Waals surface area contributed by atoms with Crippen molar-refractivity contribution in [2.24, 2.45) is 0 Å². The highest BCUT2D eigenvalue weighted by molar-refractivity contribution is 6.26. The van der Waals surface area contributed by atoms with E-state index in [-0.39, 0.29) is 5.91 Å². The van der Waals surface area contributed by atoms with Gasteiger partial charge in [-0.1, -0.05) is 36.4 Å². The quantitative estimate of drug-likeness (QED) is 0.638. The lowest BCUT2D eigenvalue weighted by molar-refractivity contribution is -0.128. The molecule has 0 aliphatic carbocycles. The first-order valence-electron chi connectivity index (χ1n) is 10.3. The number of hydrogen-bond acceptors (Lipinski definition) is 5. The van der Waals surface area contributed by atoms with Crippen molar-refractivity contribution in [2.45, 2.75) is 31.8 Å². The molecule has 158 valence electrons. The summed E-state index contributed by atoms with van der Waals surface area (Å²) in [5.41, 5.74) is 2.51. The lowest BCUT2D eigenvalue weighted by Crippen LogP contribution is -2.53. The number of hydrogen-bond donors (Lipinski definition) is 2. The number of anilines is 1. The molecular weight excluding hydrogens is 392 g/mol. The van der Waals surface area contributed by atoms with Crippen LogP contribution in [0.25, 0.3) is 10.9 Å². The van der Waals surface area contributed by atoms with Crippen LogP contribution in [0.4, 0.5) is 5.69 Å². The van der Waals surface area contributed by atoms with Crippen molar-refractivity contribution in [3.8, 4) is 0 Å². The first kappa shape index (κ1) is 20.7. The third-order valence-electron chi connectivity index (χ3n) is 5.68. The first-order chi connectivity index (χ1) is 15.0. The van der Waals surface area contributed by atoms with E-state index >= 15 is 0 Å². The average molecular weight is 416 g/mol. The summed E-state index contributed by atoms with van der Waals surface area (Å²) in [6.07, 6.45) is 2.55. The standard InChI is InChI=1S/C24H24N4O3/c1-15(25-2)22(29)27-20-12-11-16-7-3-6-10-21(16)28(24(20)31)23(30)18-13-14-26-19-9-5-4-8-17(18)19/h3-10,13-15,20,25H,11-12H2,1-2H3,(H,27,29)/t15-,20-/m0/s1. The van der Waals surface area contributed by atoms with Gasteiger partial charge in [-0.05, 0) is 50.6 Å². The molecule has 0 saturated carbocycles. The molecule has 2 atom stereocenters. The van der Waals surface area contributed by atoms with Crippen LogP contribution in [-0.4, -0.2) is 41.8 Å². The largest absolute Gasteiger partial charge is 0.343 e. The Morgan fingerprint density at radius 2 is 1.84 bits per heavy atom. The molecule has 0 radical (unpaired) electrons. The lowest BCUT2D eigenvalue weighted by atomic mass is 10.1. The predicted molar refractivity (Wildman–Crippen MR) is 119 cm³/mol. The summed E-state index contributed by atoms with van der Waals surface area (Å²) in [6.45, 7) is 1.72. The number of carbonyl (C=O) groups excluding carboxylic acids is 3. The summed E-state index contributed by atoms with van der Waals surface area (Å²) in [6, 6.07) is 15.1. The summed E-state index contributed by atoms with van der Waals surface area (Å²) in [5, 5.41) is 6.36. The van der Waals surface area contributed by atoms with Crippen molar-refractivity contribution in [3.63, 3.8) is 0 Å². The number of nitrogens with one attached hydrogen (secondary N) is 2. The van der Waals surface area contributed by atoms with Gasteiger partial charge in [0.25, 0.3) is 11.8 Å². The SMILES string of the molecule is CN[C@@H](C)C(=O)N[C@H]1CCc2ccccc2N(C(=O)c2ccnc3ccccc23)C1=O. The zero-order chi connectivity index (χ0) is 22.0. The van der Waals surface area contributed by atoms with Crippen LogP contribution in [0.1, 0.15) is 29.3 Å². The number of aryl methyl sites for hydroxylation is 1. The minimum Gasteiger partial charge on any atom is -0.343 e. The van der Waals surface area contributed by atoms with Crippen LogP contribution in [0, 0.1) is 0 Å². The van der Waals surface area contributed by atoms with E-state index in [9.17, 15) is 14.4 Å². The maximum atomic E-state index is 13.7. The molecule has 0 bridgehead atoms. The number of aromatic nitrogens is 1. The van der Waals surface area contributed by atoms with Gasteiger partial charge < -0.3 is 10.6 Å². The molecule has 1 aromatic heterocycles. The molecule has 7 heteroatoms. The third-order valence-corrected chi connectivity index (χ3v) is 5.68. The minimum atomic E-state index is -0.798. The van der Waals surface area contributed by atoms with Gasteiger partial charge in [0.15, 0.2) is 0 Å². The van der Waals surface area contributed by atoms with Crippen molar-refractivity contribution >= 4 is 34.3 Å². The molecule has 0 fully saturated rings. The van der Waals surface area contributed by atoms with Gasteiger partial charge in [0.2, 0.25) is 5.91 Å². The number of pyridine rings is 1. The maximum Gasteiger partial charge on any atom is 0.265 e. The first-order valence-corrected chi connectivity index (χ1v) is 10.3. The third kappa shape index (κ3) is 3.92. The van der Waals surface area contributed by atoms with Crippen molar-refractivity contribution < 1.29 is 14.4 Å². The number of fused-ring (bicyclic) bond motifs is 2. The second-order valence-corrected chi connectivity index (χ2v) is 7.59. The van der Waals surface area contributed by atoms with E-state index < -0.39 is 23.9 Å². The van der Waals surface area contributed by atoms with Crippen LogP contribution in [-0.2, 0) is 16.0 Å². The second-order valence-electron chi connectivity index (χ2n) is 7.59. The Bertz CT molecular complexity index is 1160. The minimum absolute atomic E-state index is 0.284. The van der Waals surface area contributed by atoms with Gasteiger partial charge in [-0.25, -0.2) is 4.90 Å². The Balaban J connectivity index is 1.77. The molecule has 0 spiro atoms. The molecule has 7 nitrogen and oxygen atoms in total. The van der Waals surface area contributed by atoms with Gasteiger partial charge >= 0.3 is 0 Å².